The minimum Gasteiger partial charge on any atom is -0.349 e. The molecule has 5 nitrogen and oxygen atoms in total. The van der Waals surface area contributed by atoms with E-state index < -0.39 is 0 Å². The number of halogens is 1. The molecular weight excluding hydrogens is 296 g/mol. The summed E-state index contributed by atoms with van der Waals surface area (Å²) in [7, 11) is 1.84. The van der Waals surface area contributed by atoms with Crippen LogP contribution in [0.1, 0.15) is 18.5 Å². The van der Waals surface area contributed by atoms with Gasteiger partial charge in [0.2, 0.25) is 5.91 Å². The summed E-state index contributed by atoms with van der Waals surface area (Å²) < 4.78 is 1.78. The second-order valence-electron chi connectivity index (χ2n) is 4.36. The number of amides is 1. The van der Waals surface area contributed by atoms with E-state index in [2.05, 4.69) is 15.5 Å². The molecule has 1 heterocycles. The highest BCUT2D eigenvalue weighted by Crippen LogP contribution is 2.18. The predicted molar refractivity (Wildman–Crippen MR) is 79.7 cm³/mol. The summed E-state index contributed by atoms with van der Waals surface area (Å²) in [5.41, 5.74) is 0.981. The quantitative estimate of drug-likeness (QED) is 0.862. The fraction of sp³-hybridized carbons (Fsp3) is 0.308. The molecule has 0 aliphatic heterocycles. The highest BCUT2D eigenvalue weighted by molar-refractivity contribution is 7.99. The maximum Gasteiger partial charge on any atom is 0.230 e. The summed E-state index contributed by atoms with van der Waals surface area (Å²) in [4.78, 5) is 11.9. The van der Waals surface area contributed by atoms with Gasteiger partial charge < -0.3 is 9.88 Å². The summed E-state index contributed by atoms with van der Waals surface area (Å²) in [6.07, 6.45) is 1.61. The number of benzene rings is 1. The van der Waals surface area contributed by atoms with Crippen LogP contribution in [0.5, 0.6) is 0 Å². The van der Waals surface area contributed by atoms with Crippen LogP contribution >= 0.6 is 23.4 Å². The van der Waals surface area contributed by atoms with Crippen molar-refractivity contribution in [1.29, 1.82) is 0 Å². The zero-order valence-electron chi connectivity index (χ0n) is 11.2. The van der Waals surface area contributed by atoms with Crippen molar-refractivity contribution in [3.8, 4) is 0 Å². The zero-order valence-corrected chi connectivity index (χ0v) is 12.8. The Balaban J connectivity index is 1.87. The van der Waals surface area contributed by atoms with E-state index in [0.717, 1.165) is 10.7 Å². The summed E-state index contributed by atoms with van der Waals surface area (Å²) in [5, 5.41) is 12.0. The minimum atomic E-state index is -0.0821. The fourth-order valence-electron chi connectivity index (χ4n) is 1.68. The number of nitrogens with zero attached hydrogens (tertiary/aromatic N) is 3. The van der Waals surface area contributed by atoms with Crippen molar-refractivity contribution >= 4 is 29.3 Å². The van der Waals surface area contributed by atoms with Gasteiger partial charge >= 0.3 is 0 Å². The number of hydrogen-bond acceptors (Lipinski definition) is 4. The summed E-state index contributed by atoms with van der Waals surface area (Å²) in [6, 6.07) is 7.38. The third-order valence-corrected chi connectivity index (χ3v) is 4.00. The molecule has 1 amide bonds. The van der Waals surface area contributed by atoms with Crippen LogP contribution in [0.15, 0.2) is 35.7 Å². The van der Waals surface area contributed by atoms with Crippen LogP contribution in [0, 0.1) is 0 Å². The lowest BCUT2D eigenvalue weighted by Crippen LogP contribution is -2.28. The average Bonchev–Trinajstić information content (AvgIpc) is 2.82. The van der Waals surface area contributed by atoms with Gasteiger partial charge in [-0.05, 0) is 24.6 Å². The van der Waals surface area contributed by atoms with Crippen molar-refractivity contribution in [3.05, 3.63) is 41.2 Å². The number of aryl methyl sites for hydroxylation is 1. The van der Waals surface area contributed by atoms with E-state index in [0.29, 0.717) is 10.8 Å². The first kappa shape index (κ1) is 14.9. The van der Waals surface area contributed by atoms with Crippen LogP contribution in [0.2, 0.25) is 5.02 Å². The van der Waals surface area contributed by atoms with Gasteiger partial charge in [-0.2, -0.15) is 0 Å². The number of thioether (sulfide) groups is 1. The molecular formula is C13H15ClN4OS. The molecule has 0 aliphatic carbocycles. The van der Waals surface area contributed by atoms with Gasteiger partial charge in [0.15, 0.2) is 5.16 Å². The van der Waals surface area contributed by atoms with Gasteiger partial charge in [-0.15, -0.1) is 10.2 Å². The minimum absolute atomic E-state index is 0.0505. The van der Waals surface area contributed by atoms with Crippen molar-refractivity contribution < 1.29 is 4.79 Å². The third-order valence-electron chi connectivity index (χ3n) is 2.73. The Morgan fingerprint density at radius 1 is 1.55 bits per heavy atom. The normalized spacial score (nSPS) is 12.2. The molecule has 1 N–H and O–H groups in total. The van der Waals surface area contributed by atoms with E-state index in [1.807, 2.05) is 38.2 Å². The lowest BCUT2D eigenvalue weighted by molar-refractivity contribution is -0.119. The maximum atomic E-state index is 11.9. The molecule has 0 unspecified atom stereocenters. The van der Waals surface area contributed by atoms with Gasteiger partial charge in [-0.25, -0.2) is 0 Å². The van der Waals surface area contributed by atoms with Crippen molar-refractivity contribution in [2.75, 3.05) is 5.75 Å². The van der Waals surface area contributed by atoms with E-state index in [9.17, 15) is 4.79 Å². The van der Waals surface area contributed by atoms with Crippen LogP contribution in [0.25, 0.3) is 0 Å². The van der Waals surface area contributed by atoms with Crippen molar-refractivity contribution in [1.82, 2.24) is 20.1 Å². The van der Waals surface area contributed by atoms with Gasteiger partial charge in [0.25, 0.3) is 0 Å². The van der Waals surface area contributed by atoms with Gasteiger partial charge in [-0.1, -0.05) is 35.5 Å². The fourth-order valence-corrected chi connectivity index (χ4v) is 2.57. The Bertz CT molecular complexity index is 602. The Morgan fingerprint density at radius 3 is 3.00 bits per heavy atom. The molecule has 0 saturated carbocycles. The molecule has 7 heteroatoms. The van der Waals surface area contributed by atoms with Crippen LogP contribution < -0.4 is 5.32 Å². The number of rotatable bonds is 5. The highest BCUT2D eigenvalue weighted by atomic mass is 35.5. The molecule has 0 spiro atoms. The highest BCUT2D eigenvalue weighted by Gasteiger charge is 2.11. The number of hydrogen-bond donors (Lipinski definition) is 1. The molecule has 20 heavy (non-hydrogen) atoms. The average molecular weight is 311 g/mol. The largest absolute Gasteiger partial charge is 0.349 e. The smallest absolute Gasteiger partial charge is 0.230 e. The SMILES string of the molecule is C[C@@H](NC(=O)CSc1nncn1C)c1cccc(Cl)c1. The molecule has 106 valence electrons. The molecule has 2 rings (SSSR count). The van der Waals surface area contributed by atoms with E-state index in [1.165, 1.54) is 11.8 Å². The van der Waals surface area contributed by atoms with Crippen LogP contribution in [-0.4, -0.2) is 26.4 Å². The molecule has 0 saturated heterocycles. The van der Waals surface area contributed by atoms with Gasteiger partial charge in [0.05, 0.1) is 11.8 Å². The van der Waals surface area contributed by atoms with Crippen molar-refractivity contribution in [2.24, 2.45) is 7.05 Å². The maximum absolute atomic E-state index is 11.9. The Kier molecular flexibility index (Phi) is 5.03. The molecule has 0 bridgehead atoms. The second-order valence-corrected chi connectivity index (χ2v) is 5.74. The third kappa shape index (κ3) is 3.98. The monoisotopic (exact) mass is 310 g/mol. The zero-order chi connectivity index (χ0) is 14.5. The number of aromatic nitrogens is 3. The van der Waals surface area contributed by atoms with Crippen LogP contribution in [0.4, 0.5) is 0 Å². The number of carbonyl (C=O) groups is 1. The van der Waals surface area contributed by atoms with Crippen molar-refractivity contribution in [3.63, 3.8) is 0 Å². The molecule has 0 aliphatic rings. The second kappa shape index (κ2) is 6.76. The summed E-state index contributed by atoms with van der Waals surface area (Å²) in [5.74, 6) is 0.253. The van der Waals surface area contributed by atoms with Gasteiger partial charge in [0.1, 0.15) is 6.33 Å². The Morgan fingerprint density at radius 2 is 2.35 bits per heavy atom. The Labute approximate surface area is 126 Å². The topological polar surface area (TPSA) is 59.8 Å². The van der Waals surface area contributed by atoms with Gasteiger partial charge in [-0.3, -0.25) is 4.79 Å². The van der Waals surface area contributed by atoms with Crippen LogP contribution in [0.3, 0.4) is 0 Å². The molecule has 0 radical (unpaired) electrons. The number of nitrogens with one attached hydrogen (secondary N) is 1. The standard InChI is InChI=1S/C13H15ClN4OS/c1-9(10-4-3-5-11(14)6-10)16-12(19)7-20-13-17-15-8-18(13)2/h3-6,8-9H,7H2,1-2H3,(H,16,19)/t9-/m1/s1. The molecule has 1 aromatic heterocycles. The first-order valence-electron chi connectivity index (χ1n) is 6.08. The molecule has 1 atom stereocenters. The van der Waals surface area contributed by atoms with E-state index in [1.54, 1.807) is 10.9 Å². The predicted octanol–water partition coefficient (Wildman–Crippen LogP) is 2.44. The summed E-state index contributed by atoms with van der Waals surface area (Å²) in [6.45, 7) is 1.93. The Hall–Kier alpha value is -1.53. The molecule has 1 aromatic carbocycles. The van der Waals surface area contributed by atoms with Gasteiger partial charge in [0, 0.05) is 12.1 Å². The lowest BCUT2D eigenvalue weighted by atomic mass is 10.1. The van der Waals surface area contributed by atoms with E-state index in [-0.39, 0.29) is 11.9 Å². The van der Waals surface area contributed by atoms with E-state index >= 15 is 0 Å². The molecule has 2 aromatic rings. The first-order valence-corrected chi connectivity index (χ1v) is 7.44. The van der Waals surface area contributed by atoms with Crippen LogP contribution in [-0.2, 0) is 11.8 Å². The number of carbonyl (C=O) groups excluding carboxylic acids is 1. The van der Waals surface area contributed by atoms with Crippen molar-refractivity contribution in [2.45, 2.75) is 18.1 Å². The lowest BCUT2D eigenvalue weighted by Gasteiger charge is -2.14. The first-order chi connectivity index (χ1) is 9.56. The molecule has 0 fully saturated rings. The van der Waals surface area contributed by atoms with E-state index in [4.69, 9.17) is 11.6 Å². The summed E-state index contributed by atoms with van der Waals surface area (Å²) >= 11 is 7.29.